The fourth-order valence-corrected chi connectivity index (χ4v) is 4.04. The molecule has 0 radical (unpaired) electrons. The van der Waals surface area contributed by atoms with Crippen LogP contribution in [0.4, 0.5) is 10.5 Å². The van der Waals surface area contributed by atoms with Gasteiger partial charge in [0.15, 0.2) is 0 Å². The summed E-state index contributed by atoms with van der Waals surface area (Å²) < 4.78 is 17.2. The largest absolute Gasteiger partial charge is 0.444 e. The number of aromatic nitrogens is 1. The molecule has 176 valence electrons. The monoisotopic (exact) mass is 453 g/mol. The fourth-order valence-electron chi connectivity index (χ4n) is 4.04. The van der Waals surface area contributed by atoms with Crippen LogP contribution in [0.1, 0.15) is 64.5 Å². The zero-order valence-corrected chi connectivity index (χ0v) is 19.6. The Labute approximate surface area is 194 Å². The first-order valence-electron chi connectivity index (χ1n) is 11.4. The summed E-state index contributed by atoms with van der Waals surface area (Å²) in [6.07, 6.45) is 4.61. The van der Waals surface area contributed by atoms with Crippen LogP contribution in [0.3, 0.4) is 0 Å². The number of ether oxygens (including phenoxy) is 3. The van der Waals surface area contributed by atoms with E-state index in [9.17, 15) is 9.59 Å². The Balaban J connectivity index is 1.35. The van der Waals surface area contributed by atoms with Crippen molar-refractivity contribution in [2.45, 2.75) is 77.2 Å². The lowest BCUT2D eigenvalue weighted by molar-refractivity contribution is -0.118. The number of fused-ring (bicyclic) bond motifs is 2. The number of nitrogens with zero attached hydrogens (tertiary/aromatic N) is 1. The second-order valence-corrected chi connectivity index (χ2v) is 9.54. The van der Waals surface area contributed by atoms with Gasteiger partial charge >= 0.3 is 6.09 Å². The average molecular weight is 454 g/mol. The van der Waals surface area contributed by atoms with Crippen LogP contribution in [0.25, 0.3) is 0 Å². The Morgan fingerprint density at radius 3 is 2.61 bits per heavy atom. The van der Waals surface area contributed by atoms with Gasteiger partial charge in [0, 0.05) is 6.07 Å². The zero-order valence-electron chi connectivity index (χ0n) is 19.6. The van der Waals surface area contributed by atoms with Crippen molar-refractivity contribution in [2.75, 3.05) is 5.32 Å². The second-order valence-electron chi connectivity index (χ2n) is 9.54. The van der Waals surface area contributed by atoms with E-state index in [1.807, 2.05) is 19.1 Å². The molecule has 2 amide bonds. The minimum atomic E-state index is -0.719. The number of anilines is 1. The van der Waals surface area contributed by atoms with Gasteiger partial charge in [-0.15, -0.1) is 0 Å². The molecule has 0 saturated heterocycles. The van der Waals surface area contributed by atoms with Crippen LogP contribution in [0.15, 0.2) is 36.5 Å². The van der Waals surface area contributed by atoms with Gasteiger partial charge in [0.05, 0.1) is 24.1 Å². The smallest absolute Gasteiger partial charge is 0.408 e. The molecule has 1 fully saturated rings. The molecule has 2 aliphatic rings. The summed E-state index contributed by atoms with van der Waals surface area (Å²) in [4.78, 5) is 28.9. The van der Waals surface area contributed by atoms with Gasteiger partial charge in [0.1, 0.15) is 17.4 Å². The molecule has 2 heterocycles. The number of hydrogen-bond donors (Lipinski definition) is 2. The summed E-state index contributed by atoms with van der Waals surface area (Å²) in [6.45, 7) is 7.77. The molecule has 1 aliphatic heterocycles. The van der Waals surface area contributed by atoms with Gasteiger partial charge in [-0.05, 0) is 75.8 Å². The molecule has 4 rings (SSSR count). The van der Waals surface area contributed by atoms with E-state index in [-0.39, 0.29) is 11.5 Å². The standard InChI is InChI=1S/C25H31N3O5/c1-5-20(28-23(30)33-24(2,3)4)22(29)27-17-8-10-21(26-14-17)32-18-9-7-16-15-31-25(11-6-12-25)19(16)13-18/h7-10,13-14,20H,5-6,11-12,15H2,1-4H3,(H,27,29)(H,28,30). The molecular weight excluding hydrogens is 422 g/mol. The van der Waals surface area contributed by atoms with Gasteiger partial charge in [-0.3, -0.25) is 4.79 Å². The van der Waals surface area contributed by atoms with Crippen molar-refractivity contribution in [2.24, 2.45) is 0 Å². The summed E-state index contributed by atoms with van der Waals surface area (Å²) in [5.74, 6) is 0.791. The number of benzene rings is 1. The van der Waals surface area contributed by atoms with Gasteiger partial charge in [-0.2, -0.15) is 0 Å². The molecule has 1 spiro atoms. The molecule has 1 aromatic heterocycles. The number of rotatable bonds is 6. The van der Waals surface area contributed by atoms with E-state index >= 15 is 0 Å². The Morgan fingerprint density at radius 1 is 1.21 bits per heavy atom. The first-order chi connectivity index (χ1) is 15.7. The number of nitrogens with one attached hydrogen (secondary N) is 2. The molecule has 1 atom stereocenters. The lowest BCUT2D eigenvalue weighted by atomic mass is 9.75. The van der Waals surface area contributed by atoms with Crippen molar-refractivity contribution >= 4 is 17.7 Å². The van der Waals surface area contributed by atoms with E-state index in [1.165, 1.54) is 23.7 Å². The van der Waals surface area contributed by atoms with Crippen LogP contribution in [0.5, 0.6) is 11.6 Å². The van der Waals surface area contributed by atoms with Crippen LogP contribution < -0.4 is 15.4 Å². The van der Waals surface area contributed by atoms with Gasteiger partial charge in [0.2, 0.25) is 11.8 Å². The first-order valence-corrected chi connectivity index (χ1v) is 11.4. The quantitative estimate of drug-likeness (QED) is 0.637. The molecule has 1 aliphatic carbocycles. The van der Waals surface area contributed by atoms with Crippen LogP contribution >= 0.6 is 0 Å². The van der Waals surface area contributed by atoms with E-state index in [4.69, 9.17) is 14.2 Å². The van der Waals surface area contributed by atoms with Crippen LogP contribution in [-0.2, 0) is 26.5 Å². The second kappa shape index (κ2) is 9.02. The third-order valence-electron chi connectivity index (χ3n) is 5.88. The molecular formula is C25H31N3O5. The van der Waals surface area contributed by atoms with Crippen LogP contribution in [0, 0.1) is 0 Å². The highest BCUT2D eigenvalue weighted by atomic mass is 16.6. The lowest BCUT2D eigenvalue weighted by Crippen LogP contribution is -2.45. The van der Waals surface area contributed by atoms with Crippen molar-refractivity contribution in [1.29, 1.82) is 0 Å². The maximum atomic E-state index is 12.6. The minimum absolute atomic E-state index is 0.126. The number of hydrogen-bond acceptors (Lipinski definition) is 6. The van der Waals surface area contributed by atoms with Gasteiger partial charge in [-0.25, -0.2) is 9.78 Å². The van der Waals surface area contributed by atoms with Crippen molar-refractivity contribution in [3.63, 3.8) is 0 Å². The highest BCUT2D eigenvalue weighted by Crippen LogP contribution is 2.51. The molecule has 1 aromatic carbocycles. The molecule has 8 nitrogen and oxygen atoms in total. The predicted molar refractivity (Wildman–Crippen MR) is 123 cm³/mol. The van der Waals surface area contributed by atoms with Gasteiger partial charge < -0.3 is 24.8 Å². The molecule has 2 N–H and O–H groups in total. The van der Waals surface area contributed by atoms with E-state index in [1.54, 1.807) is 32.9 Å². The number of carbonyl (C=O) groups excluding carboxylic acids is 2. The number of pyridine rings is 1. The van der Waals surface area contributed by atoms with E-state index in [2.05, 4.69) is 21.7 Å². The number of amides is 2. The lowest BCUT2D eigenvalue weighted by Gasteiger charge is -2.38. The van der Waals surface area contributed by atoms with Gasteiger partial charge in [-0.1, -0.05) is 13.0 Å². The summed E-state index contributed by atoms with van der Waals surface area (Å²) in [5, 5.41) is 5.36. The van der Waals surface area contributed by atoms with Crippen LogP contribution in [-0.4, -0.2) is 28.6 Å². The molecule has 1 unspecified atom stereocenters. The summed E-state index contributed by atoms with van der Waals surface area (Å²) in [5.41, 5.74) is 2.19. The zero-order chi connectivity index (χ0) is 23.6. The Bertz CT molecular complexity index is 1030. The van der Waals surface area contributed by atoms with Gasteiger partial charge in [0.25, 0.3) is 0 Å². The first kappa shape index (κ1) is 23.0. The maximum absolute atomic E-state index is 12.6. The summed E-state index contributed by atoms with van der Waals surface area (Å²) in [7, 11) is 0. The molecule has 1 saturated carbocycles. The molecule has 33 heavy (non-hydrogen) atoms. The van der Waals surface area contributed by atoms with Crippen LogP contribution in [0.2, 0.25) is 0 Å². The maximum Gasteiger partial charge on any atom is 0.408 e. The number of carbonyl (C=O) groups is 2. The van der Waals surface area contributed by atoms with E-state index in [0.29, 0.717) is 30.3 Å². The normalized spacial score (nSPS) is 17.0. The third kappa shape index (κ3) is 5.27. The topological polar surface area (TPSA) is 98.8 Å². The minimum Gasteiger partial charge on any atom is -0.444 e. The average Bonchev–Trinajstić information content (AvgIpc) is 3.11. The van der Waals surface area contributed by atoms with Crippen molar-refractivity contribution in [3.8, 4) is 11.6 Å². The van der Waals surface area contributed by atoms with Crippen molar-refractivity contribution in [1.82, 2.24) is 10.3 Å². The van der Waals surface area contributed by atoms with E-state index < -0.39 is 17.7 Å². The molecule has 8 heteroatoms. The predicted octanol–water partition coefficient (Wildman–Crippen LogP) is 5.03. The Hall–Kier alpha value is -3.13. The fraction of sp³-hybridized carbons (Fsp3) is 0.480. The molecule has 2 aromatic rings. The van der Waals surface area contributed by atoms with E-state index in [0.717, 1.165) is 12.8 Å². The Kier molecular flexibility index (Phi) is 6.30. The summed E-state index contributed by atoms with van der Waals surface area (Å²) in [6, 6.07) is 8.71. The number of alkyl carbamates (subject to hydrolysis) is 1. The molecule has 0 bridgehead atoms. The SMILES string of the molecule is CCC(NC(=O)OC(C)(C)C)C(=O)Nc1ccc(Oc2ccc3c(c2)C2(CCC2)OC3)nc1. The van der Waals surface area contributed by atoms with Crippen molar-refractivity contribution < 1.29 is 23.8 Å². The third-order valence-corrected chi connectivity index (χ3v) is 5.88. The van der Waals surface area contributed by atoms with Crippen molar-refractivity contribution in [3.05, 3.63) is 47.7 Å². The highest BCUT2D eigenvalue weighted by molar-refractivity contribution is 5.96. The highest BCUT2D eigenvalue weighted by Gasteiger charge is 2.45. The Morgan fingerprint density at radius 2 is 2.00 bits per heavy atom. The summed E-state index contributed by atoms with van der Waals surface area (Å²) >= 11 is 0.